The first-order chi connectivity index (χ1) is 10.2. The van der Waals surface area contributed by atoms with Gasteiger partial charge in [-0.1, -0.05) is 31.2 Å². The fraction of sp³-hybridized carbons (Fsp3) is 0.294. The van der Waals surface area contributed by atoms with E-state index >= 15 is 0 Å². The van der Waals surface area contributed by atoms with E-state index in [-0.39, 0.29) is 12.2 Å². The van der Waals surface area contributed by atoms with Gasteiger partial charge >= 0.3 is 0 Å². The normalized spacial score (nSPS) is 12.0. The van der Waals surface area contributed by atoms with Crippen molar-refractivity contribution in [3.63, 3.8) is 0 Å². The molecule has 0 aromatic heterocycles. The SMILES string of the molecule is CCc1ccc(OCC(O)c2ccccc2F)c(OC)c1. The number of rotatable bonds is 6. The minimum Gasteiger partial charge on any atom is -0.493 e. The molecule has 0 fully saturated rings. The van der Waals surface area contributed by atoms with Gasteiger partial charge in [-0.05, 0) is 30.2 Å². The van der Waals surface area contributed by atoms with E-state index in [1.165, 1.54) is 6.07 Å². The van der Waals surface area contributed by atoms with Crippen molar-refractivity contribution in [2.75, 3.05) is 13.7 Å². The Bertz CT molecular complexity index is 598. The third-order valence-corrected chi connectivity index (χ3v) is 3.30. The number of benzene rings is 2. The quantitative estimate of drug-likeness (QED) is 0.885. The van der Waals surface area contributed by atoms with Crippen LogP contribution in [0.15, 0.2) is 42.5 Å². The van der Waals surface area contributed by atoms with E-state index in [4.69, 9.17) is 9.47 Å². The molecular weight excluding hydrogens is 271 g/mol. The van der Waals surface area contributed by atoms with Gasteiger partial charge in [0.2, 0.25) is 0 Å². The largest absolute Gasteiger partial charge is 0.493 e. The maximum absolute atomic E-state index is 13.6. The molecule has 0 radical (unpaired) electrons. The average molecular weight is 290 g/mol. The fourth-order valence-electron chi connectivity index (χ4n) is 2.05. The molecule has 0 aliphatic carbocycles. The first-order valence-corrected chi connectivity index (χ1v) is 6.88. The Morgan fingerprint density at radius 3 is 2.57 bits per heavy atom. The van der Waals surface area contributed by atoms with Crippen LogP contribution >= 0.6 is 0 Å². The molecule has 0 bridgehead atoms. The second-order valence-electron chi connectivity index (χ2n) is 4.69. The van der Waals surface area contributed by atoms with Gasteiger partial charge in [-0.3, -0.25) is 0 Å². The molecule has 0 spiro atoms. The lowest BCUT2D eigenvalue weighted by Gasteiger charge is -2.15. The third kappa shape index (κ3) is 3.73. The zero-order valence-corrected chi connectivity index (χ0v) is 12.2. The van der Waals surface area contributed by atoms with Crippen LogP contribution in [0.4, 0.5) is 4.39 Å². The van der Waals surface area contributed by atoms with E-state index in [0.717, 1.165) is 12.0 Å². The van der Waals surface area contributed by atoms with Gasteiger partial charge in [0.15, 0.2) is 11.5 Å². The molecule has 0 saturated carbocycles. The molecule has 2 rings (SSSR count). The first-order valence-electron chi connectivity index (χ1n) is 6.88. The number of hydrogen-bond acceptors (Lipinski definition) is 3. The standard InChI is InChI=1S/C17H19FO3/c1-3-12-8-9-16(17(10-12)20-2)21-11-15(19)13-6-4-5-7-14(13)18/h4-10,15,19H,3,11H2,1-2H3. The molecular formula is C17H19FO3. The molecule has 0 heterocycles. The number of ether oxygens (including phenoxy) is 2. The highest BCUT2D eigenvalue weighted by Crippen LogP contribution is 2.29. The van der Waals surface area contributed by atoms with Gasteiger partial charge in [-0.25, -0.2) is 4.39 Å². The minimum absolute atomic E-state index is 0.0389. The monoisotopic (exact) mass is 290 g/mol. The summed E-state index contributed by atoms with van der Waals surface area (Å²) >= 11 is 0. The van der Waals surface area contributed by atoms with E-state index in [2.05, 4.69) is 6.92 Å². The smallest absolute Gasteiger partial charge is 0.161 e. The molecule has 0 saturated heterocycles. The number of aliphatic hydroxyl groups excluding tert-OH is 1. The van der Waals surface area contributed by atoms with Gasteiger partial charge in [0.25, 0.3) is 0 Å². The van der Waals surface area contributed by atoms with Crippen molar-refractivity contribution in [2.24, 2.45) is 0 Å². The molecule has 3 nitrogen and oxygen atoms in total. The Hall–Kier alpha value is -2.07. The summed E-state index contributed by atoms with van der Waals surface area (Å²) in [4.78, 5) is 0. The van der Waals surface area contributed by atoms with E-state index in [0.29, 0.717) is 11.5 Å². The van der Waals surface area contributed by atoms with Crippen molar-refractivity contribution in [1.82, 2.24) is 0 Å². The summed E-state index contributed by atoms with van der Waals surface area (Å²) < 4.78 is 24.4. The predicted molar refractivity (Wildman–Crippen MR) is 79.2 cm³/mol. The Morgan fingerprint density at radius 2 is 1.90 bits per heavy atom. The molecule has 1 unspecified atom stereocenters. The van der Waals surface area contributed by atoms with Crippen molar-refractivity contribution in [3.05, 3.63) is 59.4 Å². The van der Waals surface area contributed by atoms with Crippen molar-refractivity contribution in [2.45, 2.75) is 19.4 Å². The van der Waals surface area contributed by atoms with Gasteiger partial charge in [0.1, 0.15) is 18.5 Å². The molecule has 2 aromatic rings. The lowest BCUT2D eigenvalue weighted by atomic mass is 10.1. The van der Waals surface area contributed by atoms with Crippen LogP contribution in [-0.4, -0.2) is 18.8 Å². The Morgan fingerprint density at radius 1 is 1.14 bits per heavy atom. The summed E-state index contributed by atoms with van der Waals surface area (Å²) in [5, 5.41) is 10.0. The second-order valence-corrected chi connectivity index (χ2v) is 4.69. The molecule has 0 amide bonds. The lowest BCUT2D eigenvalue weighted by Crippen LogP contribution is -2.11. The lowest BCUT2D eigenvalue weighted by molar-refractivity contribution is 0.103. The van der Waals surface area contributed by atoms with Crippen molar-refractivity contribution in [1.29, 1.82) is 0 Å². The molecule has 112 valence electrons. The van der Waals surface area contributed by atoms with Gasteiger partial charge in [0, 0.05) is 5.56 Å². The Balaban J connectivity index is 2.08. The number of halogens is 1. The van der Waals surface area contributed by atoms with Gasteiger partial charge < -0.3 is 14.6 Å². The van der Waals surface area contributed by atoms with E-state index in [1.54, 1.807) is 31.4 Å². The number of methoxy groups -OCH3 is 1. The number of aryl methyl sites for hydroxylation is 1. The van der Waals surface area contributed by atoms with Crippen LogP contribution in [-0.2, 0) is 6.42 Å². The molecule has 21 heavy (non-hydrogen) atoms. The number of aliphatic hydroxyl groups is 1. The van der Waals surface area contributed by atoms with Crippen LogP contribution < -0.4 is 9.47 Å². The van der Waals surface area contributed by atoms with Crippen LogP contribution in [0.3, 0.4) is 0 Å². The van der Waals surface area contributed by atoms with Crippen LogP contribution in [0.1, 0.15) is 24.2 Å². The van der Waals surface area contributed by atoms with E-state index < -0.39 is 11.9 Å². The van der Waals surface area contributed by atoms with E-state index in [9.17, 15) is 9.50 Å². The highest BCUT2D eigenvalue weighted by molar-refractivity contribution is 5.43. The van der Waals surface area contributed by atoms with Crippen LogP contribution in [0, 0.1) is 5.82 Å². The third-order valence-electron chi connectivity index (χ3n) is 3.30. The van der Waals surface area contributed by atoms with Crippen molar-refractivity contribution < 1.29 is 19.0 Å². The highest BCUT2D eigenvalue weighted by Gasteiger charge is 2.14. The average Bonchev–Trinajstić information content (AvgIpc) is 2.52. The molecule has 4 heteroatoms. The van der Waals surface area contributed by atoms with Crippen LogP contribution in [0.25, 0.3) is 0 Å². The summed E-state index contributed by atoms with van der Waals surface area (Å²) in [7, 11) is 1.56. The Kier molecular flexibility index (Phi) is 5.17. The van der Waals surface area contributed by atoms with Gasteiger partial charge in [-0.2, -0.15) is 0 Å². The molecule has 2 aromatic carbocycles. The zero-order valence-electron chi connectivity index (χ0n) is 12.2. The zero-order chi connectivity index (χ0) is 15.2. The van der Waals surface area contributed by atoms with Gasteiger partial charge in [0.05, 0.1) is 7.11 Å². The maximum atomic E-state index is 13.6. The maximum Gasteiger partial charge on any atom is 0.161 e. The summed E-state index contributed by atoms with van der Waals surface area (Å²) in [5.41, 5.74) is 1.36. The number of hydrogen-bond donors (Lipinski definition) is 1. The predicted octanol–water partition coefficient (Wildman–Crippen LogP) is 3.51. The topological polar surface area (TPSA) is 38.7 Å². The minimum atomic E-state index is -1.03. The summed E-state index contributed by atoms with van der Waals surface area (Å²) in [6, 6.07) is 11.7. The van der Waals surface area contributed by atoms with Crippen molar-refractivity contribution >= 4 is 0 Å². The van der Waals surface area contributed by atoms with Crippen LogP contribution in [0.2, 0.25) is 0 Å². The molecule has 0 aliphatic rings. The molecule has 0 aliphatic heterocycles. The fourth-order valence-corrected chi connectivity index (χ4v) is 2.05. The Labute approximate surface area is 124 Å². The van der Waals surface area contributed by atoms with Crippen LogP contribution in [0.5, 0.6) is 11.5 Å². The van der Waals surface area contributed by atoms with Gasteiger partial charge in [-0.15, -0.1) is 0 Å². The van der Waals surface area contributed by atoms with Crippen molar-refractivity contribution in [3.8, 4) is 11.5 Å². The summed E-state index contributed by atoms with van der Waals surface area (Å²) in [6.07, 6.45) is -0.129. The summed E-state index contributed by atoms with van der Waals surface area (Å²) in [5.74, 6) is 0.696. The molecule has 1 N–H and O–H groups in total. The van der Waals surface area contributed by atoms with E-state index in [1.807, 2.05) is 12.1 Å². The highest BCUT2D eigenvalue weighted by atomic mass is 19.1. The summed E-state index contributed by atoms with van der Waals surface area (Å²) in [6.45, 7) is 2.01. The second kappa shape index (κ2) is 7.09. The first kappa shape index (κ1) is 15.3. The molecule has 1 atom stereocenters.